The Morgan fingerprint density at radius 2 is 0.933 bits per heavy atom. The summed E-state index contributed by atoms with van der Waals surface area (Å²) >= 11 is 0. The van der Waals surface area contributed by atoms with Crippen molar-refractivity contribution in [2.75, 3.05) is 0 Å². The number of nitriles is 1. The summed E-state index contributed by atoms with van der Waals surface area (Å²) in [7, 11) is 0. The second kappa shape index (κ2) is 13.9. The molecular formula is C54H31N5O. The molecule has 6 heteroatoms. The van der Waals surface area contributed by atoms with Gasteiger partial charge in [-0.25, -0.2) is 19.8 Å². The van der Waals surface area contributed by atoms with E-state index < -0.39 is 5.41 Å². The Bertz CT molecular complexity index is 3130. The molecule has 0 radical (unpaired) electrons. The summed E-state index contributed by atoms with van der Waals surface area (Å²) in [6, 6.07) is 65.7. The topological polar surface area (TPSA) is 76.0 Å². The van der Waals surface area contributed by atoms with Crippen molar-refractivity contribution in [2.45, 2.75) is 5.41 Å². The summed E-state index contributed by atoms with van der Waals surface area (Å²) < 4.78 is 6.58. The number of para-hydroxylation sites is 2. The number of rotatable bonds is 5. The Morgan fingerprint density at radius 3 is 1.57 bits per heavy atom. The zero-order valence-electron chi connectivity index (χ0n) is 32.0. The number of ether oxygens (including phenoxy) is 1. The van der Waals surface area contributed by atoms with Crippen molar-refractivity contribution in [3.8, 4) is 85.1 Å². The Hall–Kier alpha value is -8.45. The lowest BCUT2D eigenvalue weighted by atomic mass is 9.66. The standard InChI is InChI=1S/C54H31N5O/c1-56-42-26-23-36(24-27-42)40-29-39(35-21-19-34(33-55)20-22-35)30-41(31-40)53-58-51(37-11-3-2-4-12-37)57-52(59-53)38-25-28-44-43-13-5-6-14-45(43)54(48(44)32-38)46-15-7-9-17-49(46)60-50-18-10-8-16-47(50)54/h2-32H. The molecule has 278 valence electrons. The maximum Gasteiger partial charge on any atom is 0.187 e. The molecule has 2 heterocycles. The molecule has 8 aromatic carbocycles. The van der Waals surface area contributed by atoms with Crippen molar-refractivity contribution >= 4 is 5.69 Å². The summed E-state index contributed by atoms with van der Waals surface area (Å²) in [6.45, 7) is 7.50. The van der Waals surface area contributed by atoms with E-state index in [0.29, 0.717) is 28.7 Å². The highest BCUT2D eigenvalue weighted by molar-refractivity contribution is 5.90. The van der Waals surface area contributed by atoms with Gasteiger partial charge in [0.2, 0.25) is 0 Å². The van der Waals surface area contributed by atoms with Crippen LogP contribution in [0.5, 0.6) is 11.5 Å². The Balaban J connectivity index is 1.14. The molecule has 0 atom stereocenters. The molecule has 0 amide bonds. The van der Waals surface area contributed by atoms with Crippen molar-refractivity contribution in [1.29, 1.82) is 5.26 Å². The number of nitrogens with zero attached hydrogens (tertiary/aromatic N) is 5. The first kappa shape index (κ1) is 34.8. The number of hydrogen-bond donors (Lipinski definition) is 0. The van der Waals surface area contributed by atoms with Crippen molar-refractivity contribution < 1.29 is 4.74 Å². The molecular weight excluding hydrogens is 735 g/mol. The maximum atomic E-state index is 9.52. The van der Waals surface area contributed by atoms with Gasteiger partial charge in [-0.2, -0.15) is 5.26 Å². The summed E-state index contributed by atoms with van der Waals surface area (Å²) in [5.74, 6) is 3.30. The minimum atomic E-state index is -0.640. The third kappa shape index (κ3) is 5.51. The third-order valence-corrected chi connectivity index (χ3v) is 11.6. The fourth-order valence-electron chi connectivity index (χ4n) is 8.90. The van der Waals surface area contributed by atoms with Crippen molar-refractivity contribution in [3.05, 3.63) is 227 Å². The van der Waals surface area contributed by atoms with Crippen LogP contribution in [0.1, 0.15) is 27.8 Å². The average Bonchev–Trinajstić information content (AvgIpc) is 3.61. The van der Waals surface area contributed by atoms with Crippen LogP contribution in [0.2, 0.25) is 0 Å². The summed E-state index contributed by atoms with van der Waals surface area (Å²) in [5.41, 5.74) is 13.7. The molecule has 2 aliphatic rings. The van der Waals surface area contributed by atoms with Gasteiger partial charge in [0, 0.05) is 27.8 Å². The van der Waals surface area contributed by atoms with Crippen molar-refractivity contribution in [1.82, 2.24) is 15.0 Å². The van der Waals surface area contributed by atoms with Gasteiger partial charge < -0.3 is 4.74 Å². The van der Waals surface area contributed by atoms with E-state index in [0.717, 1.165) is 72.7 Å². The molecule has 0 saturated heterocycles. The first-order valence-electron chi connectivity index (χ1n) is 19.7. The quantitative estimate of drug-likeness (QED) is 0.163. The number of aromatic nitrogens is 3. The molecule has 9 aromatic rings. The Kier molecular flexibility index (Phi) is 8.05. The first-order valence-corrected chi connectivity index (χ1v) is 19.7. The lowest BCUT2D eigenvalue weighted by Crippen LogP contribution is -2.32. The molecule has 1 aliphatic heterocycles. The molecule has 0 N–H and O–H groups in total. The predicted octanol–water partition coefficient (Wildman–Crippen LogP) is 13.1. The lowest BCUT2D eigenvalue weighted by Gasteiger charge is -2.39. The number of hydrogen-bond acceptors (Lipinski definition) is 5. The molecule has 1 aliphatic carbocycles. The average molecular weight is 766 g/mol. The van der Waals surface area contributed by atoms with E-state index in [4.69, 9.17) is 26.3 Å². The highest BCUT2D eigenvalue weighted by atomic mass is 16.5. The number of benzene rings is 8. The molecule has 11 rings (SSSR count). The molecule has 0 fully saturated rings. The SMILES string of the molecule is [C-]#[N+]c1ccc(-c2cc(-c3ccc(C#N)cc3)cc(-c3nc(-c4ccccc4)nc(-c4ccc5c(c4)C4(c6ccccc6Oc6ccccc64)c4ccccc4-5)n3)c2)cc1. The highest BCUT2D eigenvalue weighted by Gasteiger charge is 2.51. The summed E-state index contributed by atoms with van der Waals surface area (Å²) in [6.07, 6.45) is 0. The van der Waals surface area contributed by atoms with Crippen LogP contribution in [0.25, 0.3) is 72.4 Å². The van der Waals surface area contributed by atoms with Crippen LogP contribution in [-0.2, 0) is 5.41 Å². The second-order valence-electron chi connectivity index (χ2n) is 15.0. The molecule has 1 aromatic heterocycles. The van der Waals surface area contributed by atoms with Crippen LogP contribution in [0, 0.1) is 17.9 Å². The zero-order valence-corrected chi connectivity index (χ0v) is 32.0. The van der Waals surface area contributed by atoms with Gasteiger partial charge in [0.05, 0.1) is 23.6 Å². The van der Waals surface area contributed by atoms with Gasteiger partial charge >= 0.3 is 0 Å². The fraction of sp³-hybridized carbons (Fsp3) is 0.0185. The van der Waals surface area contributed by atoms with Crippen molar-refractivity contribution in [2.24, 2.45) is 0 Å². The van der Waals surface area contributed by atoms with E-state index in [-0.39, 0.29) is 0 Å². The van der Waals surface area contributed by atoms with Crippen LogP contribution in [0.4, 0.5) is 5.69 Å². The highest BCUT2D eigenvalue weighted by Crippen LogP contribution is 2.62. The third-order valence-electron chi connectivity index (χ3n) is 11.6. The van der Waals surface area contributed by atoms with Gasteiger partial charge in [-0.15, -0.1) is 0 Å². The van der Waals surface area contributed by atoms with E-state index in [9.17, 15) is 5.26 Å². The summed E-state index contributed by atoms with van der Waals surface area (Å²) in [4.78, 5) is 19.2. The Labute approximate surface area is 347 Å². The predicted molar refractivity (Wildman–Crippen MR) is 235 cm³/mol. The largest absolute Gasteiger partial charge is 0.457 e. The van der Waals surface area contributed by atoms with E-state index in [2.05, 4.69) is 108 Å². The van der Waals surface area contributed by atoms with Gasteiger partial charge in [-0.05, 0) is 93.0 Å². The van der Waals surface area contributed by atoms with E-state index in [1.54, 1.807) is 0 Å². The van der Waals surface area contributed by atoms with Gasteiger partial charge in [0.15, 0.2) is 23.2 Å². The Morgan fingerprint density at radius 1 is 0.433 bits per heavy atom. The van der Waals surface area contributed by atoms with E-state index in [1.807, 2.05) is 91.0 Å². The minimum Gasteiger partial charge on any atom is -0.457 e. The van der Waals surface area contributed by atoms with E-state index in [1.165, 1.54) is 11.1 Å². The van der Waals surface area contributed by atoms with Crippen LogP contribution < -0.4 is 4.74 Å². The second-order valence-corrected chi connectivity index (χ2v) is 15.0. The van der Waals surface area contributed by atoms with Crippen LogP contribution in [-0.4, -0.2) is 15.0 Å². The zero-order chi connectivity index (χ0) is 40.2. The van der Waals surface area contributed by atoms with Crippen LogP contribution in [0.3, 0.4) is 0 Å². The van der Waals surface area contributed by atoms with Gasteiger partial charge in [-0.1, -0.05) is 140 Å². The summed E-state index contributed by atoms with van der Waals surface area (Å²) in [5, 5.41) is 9.52. The minimum absolute atomic E-state index is 0.522. The van der Waals surface area contributed by atoms with Crippen LogP contribution in [0.15, 0.2) is 188 Å². The number of fused-ring (bicyclic) bond motifs is 9. The van der Waals surface area contributed by atoms with Gasteiger partial charge in [0.1, 0.15) is 11.5 Å². The molecule has 6 nitrogen and oxygen atoms in total. The van der Waals surface area contributed by atoms with Crippen molar-refractivity contribution in [3.63, 3.8) is 0 Å². The monoisotopic (exact) mass is 765 g/mol. The lowest BCUT2D eigenvalue weighted by molar-refractivity contribution is 0.436. The molecule has 0 saturated carbocycles. The smallest absolute Gasteiger partial charge is 0.187 e. The van der Waals surface area contributed by atoms with Gasteiger partial charge in [0.25, 0.3) is 0 Å². The van der Waals surface area contributed by atoms with Crippen LogP contribution >= 0.6 is 0 Å². The van der Waals surface area contributed by atoms with E-state index >= 15 is 0 Å². The normalized spacial score (nSPS) is 12.6. The molecule has 1 spiro atoms. The first-order chi connectivity index (χ1) is 29.6. The fourth-order valence-corrected chi connectivity index (χ4v) is 8.90. The molecule has 0 bridgehead atoms. The molecule has 0 unspecified atom stereocenters. The molecule has 60 heavy (non-hydrogen) atoms. The van der Waals surface area contributed by atoms with Gasteiger partial charge in [-0.3, -0.25) is 0 Å². The maximum absolute atomic E-state index is 9.52.